The molecule has 33 heavy (non-hydrogen) atoms. The van der Waals surface area contributed by atoms with Crippen molar-refractivity contribution in [2.45, 2.75) is 6.92 Å². The number of para-hydroxylation sites is 1. The minimum absolute atomic E-state index is 0.0639. The summed E-state index contributed by atoms with van der Waals surface area (Å²) < 4.78 is 24.2. The summed E-state index contributed by atoms with van der Waals surface area (Å²) in [6, 6.07) is 15.8. The van der Waals surface area contributed by atoms with Crippen LogP contribution in [0.1, 0.15) is 21.5 Å². The molecule has 2 N–H and O–H groups in total. The molecule has 0 aromatic heterocycles. The van der Waals surface area contributed by atoms with Crippen molar-refractivity contribution < 1.29 is 23.5 Å². The van der Waals surface area contributed by atoms with E-state index in [9.17, 15) is 14.0 Å². The zero-order valence-electron chi connectivity index (χ0n) is 17.9. The molecule has 7 nitrogen and oxygen atoms in total. The third-order valence-electron chi connectivity index (χ3n) is 4.44. The van der Waals surface area contributed by atoms with Gasteiger partial charge in [-0.2, -0.15) is 5.10 Å². The fourth-order valence-corrected chi connectivity index (χ4v) is 3.06. The Morgan fingerprint density at radius 1 is 1.09 bits per heavy atom. The highest BCUT2D eigenvalue weighted by Gasteiger charge is 2.12. The molecule has 0 aliphatic heterocycles. The molecule has 0 aliphatic carbocycles. The molecule has 2 amide bonds. The summed E-state index contributed by atoms with van der Waals surface area (Å²) in [7, 11) is 1.49. The Kier molecular flexibility index (Phi) is 7.99. The van der Waals surface area contributed by atoms with Crippen molar-refractivity contribution in [3.63, 3.8) is 0 Å². The van der Waals surface area contributed by atoms with Gasteiger partial charge >= 0.3 is 0 Å². The van der Waals surface area contributed by atoms with E-state index in [1.54, 1.807) is 42.5 Å². The number of methoxy groups -OCH3 is 1. The number of nitrogens with one attached hydrogen (secondary N) is 2. The maximum absolute atomic E-state index is 13.6. The Morgan fingerprint density at radius 3 is 2.61 bits per heavy atom. The van der Waals surface area contributed by atoms with Crippen LogP contribution in [0.3, 0.4) is 0 Å². The van der Waals surface area contributed by atoms with E-state index in [1.165, 1.54) is 31.5 Å². The average Bonchev–Trinajstić information content (AvgIpc) is 2.79. The molecule has 0 aliphatic rings. The minimum atomic E-state index is -0.541. The molecule has 0 heterocycles. The second-order valence-electron chi connectivity index (χ2n) is 6.91. The number of hydrazone groups is 1. The molecule has 0 atom stereocenters. The summed E-state index contributed by atoms with van der Waals surface area (Å²) in [5.74, 6) is -0.774. The van der Waals surface area contributed by atoms with Crippen LogP contribution in [0.25, 0.3) is 0 Å². The highest BCUT2D eigenvalue weighted by molar-refractivity contribution is 6.32. The van der Waals surface area contributed by atoms with E-state index in [-0.39, 0.29) is 23.1 Å². The van der Waals surface area contributed by atoms with Crippen LogP contribution in [-0.4, -0.2) is 31.7 Å². The molecular weight excluding hydrogens is 449 g/mol. The molecule has 0 unspecified atom stereocenters. The summed E-state index contributed by atoms with van der Waals surface area (Å²) in [4.78, 5) is 24.3. The van der Waals surface area contributed by atoms with E-state index < -0.39 is 17.6 Å². The lowest BCUT2D eigenvalue weighted by molar-refractivity contribution is -0.118. The van der Waals surface area contributed by atoms with Crippen molar-refractivity contribution in [2.75, 3.05) is 19.0 Å². The van der Waals surface area contributed by atoms with Crippen LogP contribution in [-0.2, 0) is 4.79 Å². The van der Waals surface area contributed by atoms with Crippen LogP contribution < -0.4 is 20.2 Å². The highest BCUT2D eigenvalue weighted by atomic mass is 35.5. The zero-order valence-corrected chi connectivity index (χ0v) is 18.7. The van der Waals surface area contributed by atoms with Gasteiger partial charge in [-0.25, -0.2) is 9.82 Å². The second-order valence-corrected chi connectivity index (χ2v) is 7.32. The lowest BCUT2D eigenvalue weighted by Gasteiger charge is -2.10. The average molecular weight is 470 g/mol. The maximum Gasteiger partial charge on any atom is 0.275 e. The van der Waals surface area contributed by atoms with Crippen LogP contribution in [0.15, 0.2) is 65.8 Å². The third kappa shape index (κ3) is 6.54. The molecule has 0 radical (unpaired) electrons. The number of halogens is 2. The Bertz CT molecular complexity index is 1200. The van der Waals surface area contributed by atoms with Crippen molar-refractivity contribution in [2.24, 2.45) is 5.10 Å². The van der Waals surface area contributed by atoms with Gasteiger partial charge in [0.25, 0.3) is 11.8 Å². The number of hydrogen-bond acceptors (Lipinski definition) is 5. The number of carbonyl (C=O) groups excluding carboxylic acids is 2. The molecule has 0 bridgehead atoms. The van der Waals surface area contributed by atoms with E-state index in [4.69, 9.17) is 21.1 Å². The van der Waals surface area contributed by atoms with E-state index in [2.05, 4.69) is 15.8 Å². The van der Waals surface area contributed by atoms with Crippen molar-refractivity contribution in [3.8, 4) is 11.5 Å². The number of anilines is 1. The lowest BCUT2D eigenvalue weighted by Crippen LogP contribution is -2.20. The van der Waals surface area contributed by atoms with Crippen LogP contribution in [0.2, 0.25) is 5.02 Å². The van der Waals surface area contributed by atoms with Crippen LogP contribution in [0, 0.1) is 12.7 Å². The Labute approximate surface area is 195 Å². The number of benzene rings is 3. The van der Waals surface area contributed by atoms with Crippen molar-refractivity contribution in [1.82, 2.24) is 5.43 Å². The summed E-state index contributed by atoms with van der Waals surface area (Å²) in [6.45, 7) is 1.55. The second kappa shape index (κ2) is 11.1. The first-order valence-electron chi connectivity index (χ1n) is 9.82. The summed E-state index contributed by atoms with van der Waals surface area (Å²) >= 11 is 6.21. The van der Waals surface area contributed by atoms with Gasteiger partial charge in [0.2, 0.25) is 0 Å². The fourth-order valence-electron chi connectivity index (χ4n) is 2.82. The van der Waals surface area contributed by atoms with Gasteiger partial charge in [-0.05, 0) is 60.5 Å². The number of carbonyl (C=O) groups is 2. The molecule has 0 fully saturated rings. The number of ether oxygens (including phenoxy) is 2. The number of amides is 2. The third-order valence-corrected chi connectivity index (χ3v) is 4.74. The standard InChI is InChI=1S/C24H21ClFN3O4/c1-15-7-9-17(22(11-15)32-2)24(31)29-27-13-16-8-10-21(18(25)12-16)33-14-23(30)28-20-6-4-3-5-19(20)26/h3-13H,14H2,1-2H3,(H,28,30)(H,29,31)/b27-13-. The Balaban J connectivity index is 1.56. The minimum Gasteiger partial charge on any atom is -0.496 e. The fraction of sp³-hybridized carbons (Fsp3) is 0.125. The smallest absolute Gasteiger partial charge is 0.275 e. The molecule has 3 aromatic carbocycles. The molecule has 9 heteroatoms. The lowest BCUT2D eigenvalue weighted by atomic mass is 10.1. The quantitative estimate of drug-likeness (QED) is 0.373. The van der Waals surface area contributed by atoms with E-state index in [0.717, 1.165) is 5.56 Å². The highest BCUT2D eigenvalue weighted by Crippen LogP contribution is 2.25. The van der Waals surface area contributed by atoms with Crippen molar-refractivity contribution in [3.05, 3.63) is 88.2 Å². The van der Waals surface area contributed by atoms with Gasteiger partial charge in [-0.3, -0.25) is 9.59 Å². The van der Waals surface area contributed by atoms with Gasteiger partial charge in [-0.1, -0.05) is 29.8 Å². The predicted molar refractivity (Wildman–Crippen MR) is 125 cm³/mol. The Hall–Kier alpha value is -3.91. The molecule has 0 saturated carbocycles. The number of aryl methyl sites for hydroxylation is 1. The van der Waals surface area contributed by atoms with E-state index in [0.29, 0.717) is 16.9 Å². The van der Waals surface area contributed by atoms with Crippen molar-refractivity contribution in [1.29, 1.82) is 0 Å². The molecular formula is C24H21ClFN3O4. The molecule has 0 saturated heterocycles. The molecule has 3 aromatic rings. The zero-order chi connectivity index (χ0) is 23.8. The first kappa shape index (κ1) is 23.7. The molecule has 0 spiro atoms. The van der Waals surface area contributed by atoms with Crippen LogP contribution in [0.4, 0.5) is 10.1 Å². The maximum atomic E-state index is 13.6. The summed E-state index contributed by atoms with van der Waals surface area (Å²) in [5, 5.41) is 6.60. The first-order chi connectivity index (χ1) is 15.9. The van der Waals surface area contributed by atoms with Gasteiger partial charge < -0.3 is 14.8 Å². The monoisotopic (exact) mass is 469 g/mol. The number of rotatable bonds is 8. The summed E-state index contributed by atoms with van der Waals surface area (Å²) in [6.07, 6.45) is 1.42. The SMILES string of the molecule is COc1cc(C)ccc1C(=O)N/N=C\c1ccc(OCC(=O)Nc2ccccc2F)c(Cl)c1. The van der Waals surface area contributed by atoms with Gasteiger partial charge in [0, 0.05) is 0 Å². The summed E-state index contributed by atoms with van der Waals surface area (Å²) in [5.41, 5.74) is 4.42. The molecule has 170 valence electrons. The van der Waals surface area contributed by atoms with Gasteiger partial charge in [-0.15, -0.1) is 0 Å². The van der Waals surface area contributed by atoms with Gasteiger partial charge in [0.05, 0.1) is 29.6 Å². The first-order valence-corrected chi connectivity index (χ1v) is 10.2. The van der Waals surface area contributed by atoms with Crippen molar-refractivity contribution >= 4 is 35.3 Å². The topological polar surface area (TPSA) is 89.0 Å². The van der Waals surface area contributed by atoms with E-state index in [1.807, 2.05) is 6.92 Å². The molecule has 3 rings (SSSR count). The van der Waals surface area contributed by atoms with Gasteiger partial charge in [0.15, 0.2) is 6.61 Å². The van der Waals surface area contributed by atoms with Gasteiger partial charge in [0.1, 0.15) is 17.3 Å². The largest absolute Gasteiger partial charge is 0.496 e. The number of nitrogens with zero attached hydrogens (tertiary/aromatic N) is 1. The number of hydrogen-bond donors (Lipinski definition) is 2. The predicted octanol–water partition coefficient (Wildman–Crippen LogP) is 4.58. The van der Waals surface area contributed by atoms with E-state index >= 15 is 0 Å². The van der Waals surface area contributed by atoms with Crippen LogP contribution >= 0.6 is 11.6 Å². The Morgan fingerprint density at radius 2 is 1.88 bits per heavy atom. The van der Waals surface area contributed by atoms with Crippen LogP contribution in [0.5, 0.6) is 11.5 Å². The normalized spacial score (nSPS) is 10.7.